The number of hydrogen-bond acceptors (Lipinski definition) is 1. The Bertz CT molecular complexity index is 377. The molecule has 0 heterocycles. The van der Waals surface area contributed by atoms with Crippen molar-refractivity contribution in [1.82, 2.24) is 0 Å². The number of hydrogen-bond donors (Lipinski definition) is 1. The van der Waals surface area contributed by atoms with Gasteiger partial charge in [0.15, 0.2) is 0 Å². The minimum Gasteiger partial charge on any atom is -0.481 e. The molecule has 0 radical (unpaired) electrons. The van der Waals surface area contributed by atoms with E-state index in [4.69, 9.17) is 16.7 Å². The summed E-state index contributed by atoms with van der Waals surface area (Å²) in [4.78, 5) is 11.0. The maximum atomic E-state index is 11.0. The summed E-state index contributed by atoms with van der Waals surface area (Å²) in [6.45, 7) is 0. The van der Waals surface area contributed by atoms with Gasteiger partial charge < -0.3 is 5.11 Å². The molecule has 80 valence electrons. The molecule has 0 spiro atoms. The predicted molar refractivity (Wildman–Crippen MR) is 64.1 cm³/mol. The standard InChI is InChI=1S/C11H10BrClO2/c12-9-4-1-3-8(7-9)10(11(14)15)5-2-6-13/h1-4,6-7,10H,5H2,(H,14,15)/b6-2+. The summed E-state index contributed by atoms with van der Waals surface area (Å²) in [6.07, 6.45) is 2.04. The number of rotatable bonds is 4. The summed E-state index contributed by atoms with van der Waals surface area (Å²) in [7, 11) is 0. The molecule has 0 saturated heterocycles. The van der Waals surface area contributed by atoms with Gasteiger partial charge in [0.2, 0.25) is 0 Å². The van der Waals surface area contributed by atoms with Gasteiger partial charge in [0.1, 0.15) is 0 Å². The summed E-state index contributed by atoms with van der Waals surface area (Å²) in [5.41, 5.74) is 2.11. The molecule has 0 aliphatic carbocycles. The topological polar surface area (TPSA) is 37.3 Å². The van der Waals surface area contributed by atoms with Gasteiger partial charge in [-0.15, -0.1) is 0 Å². The third-order valence-corrected chi connectivity index (χ3v) is 2.68. The smallest absolute Gasteiger partial charge is 0.311 e. The first-order valence-corrected chi connectivity index (χ1v) is 5.61. The molecule has 1 atom stereocenters. The molecule has 1 N–H and O–H groups in total. The second-order valence-corrected chi connectivity index (χ2v) is 4.21. The minimum atomic E-state index is -0.845. The lowest BCUT2D eigenvalue weighted by Gasteiger charge is -2.10. The van der Waals surface area contributed by atoms with Crippen molar-refractivity contribution >= 4 is 33.5 Å². The van der Waals surface area contributed by atoms with Crippen LogP contribution in [0.5, 0.6) is 0 Å². The molecule has 0 aliphatic rings. The second kappa shape index (κ2) is 5.93. The number of halogens is 2. The van der Waals surface area contributed by atoms with E-state index in [1.807, 2.05) is 12.1 Å². The Hall–Kier alpha value is -0.800. The second-order valence-electron chi connectivity index (χ2n) is 3.04. The Morgan fingerprint density at radius 3 is 2.87 bits per heavy atom. The minimum absolute atomic E-state index is 0.398. The van der Waals surface area contributed by atoms with Crippen molar-refractivity contribution in [3.8, 4) is 0 Å². The fraction of sp³-hybridized carbons (Fsp3) is 0.182. The van der Waals surface area contributed by atoms with Gasteiger partial charge in [0, 0.05) is 10.0 Å². The van der Waals surface area contributed by atoms with Crippen molar-refractivity contribution in [3.05, 3.63) is 45.9 Å². The molecular weight excluding hydrogens is 279 g/mol. The normalized spacial score (nSPS) is 12.9. The largest absolute Gasteiger partial charge is 0.481 e. The van der Waals surface area contributed by atoms with E-state index in [-0.39, 0.29) is 0 Å². The molecule has 1 unspecified atom stereocenters. The van der Waals surface area contributed by atoms with Crippen molar-refractivity contribution in [2.75, 3.05) is 0 Å². The van der Waals surface area contributed by atoms with E-state index in [0.29, 0.717) is 6.42 Å². The summed E-state index contributed by atoms with van der Waals surface area (Å²) in [5, 5.41) is 9.05. The lowest BCUT2D eigenvalue weighted by molar-refractivity contribution is -0.138. The highest BCUT2D eigenvalue weighted by molar-refractivity contribution is 9.10. The zero-order valence-electron chi connectivity index (χ0n) is 7.86. The molecule has 1 aromatic rings. The first-order valence-electron chi connectivity index (χ1n) is 4.38. The van der Waals surface area contributed by atoms with Crippen LogP contribution in [-0.4, -0.2) is 11.1 Å². The van der Waals surface area contributed by atoms with E-state index in [9.17, 15) is 4.79 Å². The summed E-state index contributed by atoms with van der Waals surface area (Å²) in [5.74, 6) is -1.39. The number of carboxylic acids is 1. The Labute approximate surface area is 102 Å². The Morgan fingerprint density at radius 1 is 1.60 bits per heavy atom. The first-order chi connectivity index (χ1) is 7.15. The van der Waals surface area contributed by atoms with E-state index in [0.717, 1.165) is 10.0 Å². The number of aliphatic carboxylic acids is 1. The summed E-state index contributed by atoms with van der Waals surface area (Å²) in [6, 6.07) is 7.28. The van der Waals surface area contributed by atoms with Crippen LogP contribution in [0.3, 0.4) is 0 Å². The monoisotopic (exact) mass is 288 g/mol. The Balaban J connectivity index is 2.93. The van der Waals surface area contributed by atoms with Gasteiger partial charge in [0.25, 0.3) is 0 Å². The van der Waals surface area contributed by atoms with Gasteiger partial charge in [-0.05, 0) is 24.1 Å². The molecule has 15 heavy (non-hydrogen) atoms. The van der Waals surface area contributed by atoms with E-state index < -0.39 is 11.9 Å². The molecular formula is C11H10BrClO2. The molecule has 0 aliphatic heterocycles. The van der Waals surface area contributed by atoms with Gasteiger partial charge in [-0.1, -0.05) is 45.7 Å². The Kier molecular flexibility index (Phi) is 4.85. The highest BCUT2D eigenvalue weighted by Crippen LogP contribution is 2.23. The fourth-order valence-electron chi connectivity index (χ4n) is 1.29. The number of carboxylic acid groups (broad SMARTS) is 1. The van der Waals surface area contributed by atoms with Crippen LogP contribution in [0, 0.1) is 0 Å². The number of benzene rings is 1. The first kappa shape index (κ1) is 12.3. The lowest BCUT2D eigenvalue weighted by atomic mass is 9.96. The Morgan fingerprint density at radius 2 is 2.33 bits per heavy atom. The summed E-state index contributed by atoms with van der Waals surface area (Å²) >= 11 is 8.70. The molecule has 0 aromatic heterocycles. The van der Waals surface area contributed by atoms with Gasteiger partial charge >= 0.3 is 5.97 Å². The SMILES string of the molecule is O=C(O)C(C/C=C/Cl)c1cccc(Br)c1. The predicted octanol–water partition coefficient (Wildman–Crippen LogP) is 3.76. The summed E-state index contributed by atoms with van der Waals surface area (Å²) < 4.78 is 0.876. The van der Waals surface area contributed by atoms with Crippen molar-refractivity contribution in [1.29, 1.82) is 0 Å². The molecule has 2 nitrogen and oxygen atoms in total. The molecule has 0 amide bonds. The molecule has 0 bridgehead atoms. The average molecular weight is 290 g/mol. The maximum absolute atomic E-state index is 11.0. The van der Waals surface area contributed by atoms with Crippen molar-refractivity contribution in [2.45, 2.75) is 12.3 Å². The van der Waals surface area contributed by atoms with E-state index in [2.05, 4.69) is 15.9 Å². The highest BCUT2D eigenvalue weighted by atomic mass is 79.9. The van der Waals surface area contributed by atoms with Crippen molar-refractivity contribution in [3.63, 3.8) is 0 Å². The van der Waals surface area contributed by atoms with Crippen molar-refractivity contribution in [2.24, 2.45) is 0 Å². The van der Waals surface area contributed by atoms with Crippen LogP contribution in [0.2, 0.25) is 0 Å². The van der Waals surface area contributed by atoms with E-state index >= 15 is 0 Å². The van der Waals surface area contributed by atoms with Crippen LogP contribution < -0.4 is 0 Å². The van der Waals surface area contributed by atoms with Gasteiger partial charge in [0.05, 0.1) is 5.92 Å². The van der Waals surface area contributed by atoms with Gasteiger partial charge in [-0.3, -0.25) is 4.79 Å². The zero-order chi connectivity index (χ0) is 11.3. The third kappa shape index (κ3) is 3.68. The third-order valence-electron chi connectivity index (χ3n) is 2.01. The van der Waals surface area contributed by atoms with Gasteiger partial charge in [-0.25, -0.2) is 0 Å². The maximum Gasteiger partial charge on any atom is 0.311 e. The van der Waals surface area contributed by atoms with Gasteiger partial charge in [-0.2, -0.15) is 0 Å². The molecule has 1 aromatic carbocycles. The van der Waals surface area contributed by atoms with Crippen LogP contribution in [0.15, 0.2) is 40.3 Å². The molecule has 1 rings (SSSR count). The molecule has 0 saturated carbocycles. The molecule has 0 fully saturated rings. The fourth-order valence-corrected chi connectivity index (χ4v) is 1.81. The average Bonchev–Trinajstić information content (AvgIpc) is 2.18. The quantitative estimate of drug-likeness (QED) is 0.916. The van der Waals surface area contributed by atoms with Crippen LogP contribution in [-0.2, 0) is 4.79 Å². The number of allylic oxidation sites excluding steroid dienone is 1. The lowest BCUT2D eigenvalue weighted by Crippen LogP contribution is -2.10. The van der Waals surface area contributed by atoms with Crippen LogP contribution in [0.1, 0.15) is 17.9 Å². The van der Waals surface area contributed by atoms with E-state index in [1.54, 1.807) is 18.2 Å². The highest BCUT2D eigenvalue weighted by Gasteiger charge is 2.18. The van der Waals surface area contributed by atoms with Crippen molar-refractivity contribution < 1.29 is 9.90 Å². The van der Waals surface area contributed by atoms with Crippen LogP contribution in [0.4, 0.5) is 0 Å². The van der Waals surface area contributed by atoms with Crippen LogP contribution in [0.25, 0.3) is 0 Å². The molecule has 4 heteroatoms. The van der Waals surface area contributed by atoms with Crippen LogP contribution >= 0.6 is 27.5 Å². The number of carbonyl (C=O) groups is 1. The van der Waals surface area contributed by atoms with E-state index in [1.165, 1.54) is 5.54 Å². The zero-order valence-corrected chi connectivity index (χ0v) is 10.2.